The SMILES string of the molecule is C=C.C=C(C)C(=O)OCCC[Si](C)(OCC)OCC. The van der Waals surface area contributed by atoms with E-state index >= 15 is 0 Å². The first-order valence-corrected chi connectivity index (χ1v) is 9.08. The molecule has 4 nitrogen and oxygen atoms in total. The first-order chi connectivity index (χ1) is 8.95. The molecule has 0 fully saturated rings. The van der Waals surface area contributed by atoms with Gasteiger partial charge in [0.15, 0.2) is 0 Å². The van der Waals surface area contributed by atoms with Crippen LogP contribution in [0, 0.1) is 0 Å². The lowest BCUT2D eigenvalue weighted by Crippen LogP contribution is -2.38. The van der Waals surface area contributed by atoms with Crippen molar-refractivity contribution in [2.45, 2.75) is 39.8 Å². The Bertz CT molecular complexity index is 260. The Labute approximate surface area is 118 Å². The van der Waals surface area contributed by atoms with Gasteiger partial charge in [0.05, 0.1) is 6.61 Å². The monoisotopic (exact) mass is 288 g/mol. The van der Waals surface area contributed by atoms with Crippen molar-refractivity contribution >= 4 is 14.5 Å². The molecule has 0 rings (SSSR count). The molecule has 0 heterocycles. The Balaban J connectivity index is 0. The van der Waals surface area contributed by atoms with Gasteiger partial charge in [-0.2, -0.15) is 0 Å². The van der Waals surface area contributed by atoms with E-state index in [2.05, 4.69) is 19.7 Å². The maximum atomic E-state index is 11.1. The fourth-order valence-corrected chi connectivity index (χ4v) is 3.86. The van der Waals surface area contributed by atoms with Crippen LogP contribution in [0.25, 0.3) is 0 Å². The Morgan fingerprint density at radius 2 is 1.63 bits per heavy atom. The van der Waals surface area contributed by atoms with E-state index in [4.69, 9.17) is 13.6 Å². The van der Waals surface area contributed by atoms with Crippen LogP contribution in [0.3, 0.4) is 0 Å². The summed E-state index contributed by atoms with van der Waals surface area (Å²) in [7, 11) is -2.06. The third-order valence-corrected chi connectivity index (χ3v) is 5.32. The van der Waals surface area contributed by atoms with Crippen molar-refractivity contribution in [2.24, 2.45) is 0 Å². The maximum Gasteiger partial charge on any atom is 0.335 e. The van der Waals surface area contributed by atoms with E-state index in [-0.39, 0.29) is 5.97 Å². The predicted molar refractivity (Wildman–Crippen MR) is 81.3 cm³/mol. The third kappa shape index (κ3) is 10.7. The van der Waals surface area contributed by atoms with Gasteiger partial charge in [0, 0.05) is 18.8 Å². The lowest BCUT2D eigenvalue weighted by atomic mass is 10.4. The molecule has 0 aromatic heterocycles. The van der Waals surface area contributed by atoms with Gasteiger partial charge in [-0.25, -0.2) is 4.79 Å². The molecule has 112 valence electrons. The Hall–Kier alpha value is -0.913. The minimum atomic E-state index is -2.06. The fourth-order valence-electron chi connectivity index (χ4n) is 1.48. The van der Waals surface area contributed by atoms with Crippen LogP contribution in [0.15, 0.2) is 25.3 Å². The number of hydrogen-bond acceptors (Lipinski definition) is 4. The summed E-state index contributed by atoms with van der Waals surface area (Å²) in [4.78, 5) is 11.1. The number of ether oxygens (including phenoxy) is 1. The number of carbonyl (C=O) groups excluding carboxylic acids is 1. The molecule has 0 spiro atoms. The second kappa shape index (κ2) is 12.1. The van der Waals surface area contributed by atoms with Crippen molar-refractivity contribution in [3.05, 3.63) is 25.3 Å². The molecule has 0 saturated heterocycles. The molecule has 0 N–H and O–H groups in total. The Morgan fingerprint density at radius 3 is 2.00 bits per heavy atom. The van der Waals surface area contributed by atoms with Crippen LogP contribution < -0.4 is 0 Å². The zero-order valence-corrected chi connectivity index (χ0v) is 13.8. The quantitative estimate of drug-likeness (QED) is 0.214. The first kappa shape index (κ1) is 20.4. The summed E-state index contributed by atoms with van der Waals surface area (Å²) in [5.74, 6) is -0.332. The molecule has 0 bridgehead atoms. The first-order valence-electron chi connectivity index (χ1n) is 6.55. The standard InChI is InChI=1S/C12H24O4Si.C2H4/c1-6-15-17(5,16-7-2)10-8-9-14-12(13)11(3)4;1-2/h3,6-10H2,1-2,4-5H3;1-2H2. The van der Waals surface area contributed by atoms with Gasteiger partial charge in [0.2, 0.25) is 0 Å². The van der Waals surface area contributed by atoms with Crippen molar-refractivity contribution in [1.82, 2.24) is 0 Å². The highest BCUT2D eigenvalue weighted by Crippen LogP contribution is 2.16. The summed E-state index contributed by atoms with van der Waals surface area (Å²) >= 11 is 0. The van der Waals surface area contributed by atoms with Gasteiger partial charge in [-0.05, 0) is 39.8 Å². The Kier molecular flexibility index (Phi) is 13.0. The van der Waals surface area contributed by atoms with Crippen LogP contribution in [0.2, 0.25) is 12.6 Å². The molecular formula is C14H28O4Si. The van der Waals surface area contributed by atoms with Gasteiger partial charge in [0.25, 0.3) is 0 Å². The third-order valence-electron chi connectivity index (χ3n) is 2.26. The summed E-state index contributed by atoms with van der Waals surface area (Å²) < 4.78 is 16.4. The van der Waals surface area contributed by atoms with Gasteiger partial charge in [-0.1, -0.05) is 6.58 Å². The van der Waals surface area contributed by atoms with Crippen LogP contribution in [0.1, 0.15) is 27.2 Å². The lowest BCUT2D eigenvalue weighted by molar-refractivity contribution is -0.138. The molecule has 0 saturated carbocycles. The van der Waals surface area contributed by atoms with E-state index in [1.807, 2.05) is 20.4 Å². The molecule has 5 heteroatoms. The molecule has 19 heavy (non-hydrogen) atoms. The van der Waals surface area contributed by atoms with Crippen LogP contribution in [-0.2, 0) is 18.4 Å². The summed E-state index contributed by atoms with van der Waals surface area (Å²) in [6.45, 7) is 18.9. The summed E-state index contributed by atoms with van der Waals surface area (Å²) in [5, 5.41) is 0. The van der Waals surface area contributed by atoms with Crippen molar-refractivity contribution in [3.63, 3.8) is 0 Å². The Morgan fingerprint density at radius 1 is 1.16 bits per heavy atom. The predicted octanol–water partition coefficient (Wildman–Crippen LogP) is 3.44. The molecule has 0 unspecified atom stereocenters. The zero-order chi connectivity index (χ0) is 15.3. The van der Waals surface area contributed by atoms with Crippen molar-refractivity contribution in [1.29, 1.82) is 0 Å². The molecule has 0 aromatic carbocycles. The van der Waals surface area contributed by atoms with Crippen molar-refractivity contribution in [2.75, 3.05) is 19.8 Å². The minimum Gasteiger partial charge on any atom is -0.462 e. The minimum absolute atomic E-state index is 0.332. The van der Waals surface area contributed by atoms with Crippen LogP contribution in [-0.4, -0.2) is 34.4 Å². The molecular weight excluding hydrogens is 260 g/mol. The highest BCUT2D eigenvalue weighted by molar-refractivity contribution is 6.66. The number of hydrogen-bond donors (Lipinski definition) is 0. The summed E-state index contributed by atoms with van der Waals surface area (Å²) in [6, 6.07) is 0.831. The number of esters is 1. The van der Waals surface area contributed by atoms with E-state index in [0.29, 0.717) is 25.4 Å². The molecule has 0 aliphatic heterocycles. The second-order valence-corrected chi connectivity index (χ2v) is 7.36. The molecule has 0 aliphatic rings. The normalized spacial score (nSPS) is 10.3. The second-order valence-electron chi connectivity index (χ2n) is 4.02. The summed E-state index contributed by atoms with van der Waals surface area (Å²) in [5.41, 5.74) is 0.430. The van der Waals surface area contributed by atoms with E-state index in [0.717, 1.165) is 12.5 Å². The molecule has 0 radical (unpaired) electrons. The number of carbonyl (C=O) groups is 1. The molecule has 0 amide bonds. The maximum absolute atomic E-state index is 11.1. The molecule has 0 aliphatic carbocycles. The van der Waals surface area contributed by atoms with Crippen LogP contribution in [0.4, 0.5) is 0 Å². The lowest BCUT2D eigenvalue weighted by Gasteiger charge is -2.25. The fraction of sp³-hybridized carbons (Fsp3) is 0.643. The van der Waals surface area contributed by atoms with Crippen LogP contribution >= 0.6 is 0 Å². The zero-order valence-electron chi connectivity index (χ0n) is 12.8. The average molecular weight is 288 g/mol. The van der Waals surface area contributed by atoms with Crippen LogP contribution in [0.5, 0.6) is 0 Å². The number of rotatable bonds is 9. The van der Waals surface area contributed by atoms with E-state index in [1.165, 1.54) is 0 Å². The van der Waals surface area contributed by atoms with Gasteiger partial charge in [0.1, 0.15) is 0 Å². The highest BCUT2D eigenvalue weighted by Gasteiger charge is 2.29. The van der Waals surface area contributed by atoms with E-state index in [1.54, 1.807) is 6.92 Å². The van der Waals surface area contributed by atoms with Gasteiger partial charge in [-0.15, -0.1) is 13.2 Å². The van der Waals surface area contributed by atoms with E-state index < -0.39 is 8.56 Å². The van der Waals surface area contributed by atoms with Crippen molar-refractivity contribution in [3.8, 4) is 0 Å². The summed E-state index contributed by atoms with van der Waals surface area (Å²) in [6.07, 6.45) is 0.766. The smallest absolute Gasteiger partial charge is 0.335 e. The van der Waals surface area contributed by atoms with Gasteiger partial charge >= 0.3 is 14.5 Å². The molecule has 0 atom stereocenters. The highest BCUT2D eigenvalue weighted by atomic mass is 28.4. The molecule has 0 aromatic rings. The van der Waals surface area contributed by atoms with E-state index in [9.17, 15) is 4.79 Å². The van der Waals surface area contributed by atoms with Crippen molar-refractivity contribution < 1.29 is 18.4 Å². The topological polar surface area (TPSA) is 44.8 Å². The average Bonchev–Trinajstić information content (AvgIpc) is 2.37. The van der Waals surface area contributed by atoms with Gasteiger partial charge in [-0.3, -0.25) is 0 Å². The van der Waals surface area contributed by atoms with Gasteiger partial charge < -0.3 is 13.6 Å². The largest absolute Gasteiger partial charge is 0.462 e.